The fourth-order valence-corrected chi connectivity index (χ4v) is 0.819. The molecule has 0 heterocycles. The SMILES string of the molecule is CC(=O)O[N+](=O)[O-].N.N.N.O=C(O)CC(O)(CC(=O)O)C(=O)O. The van der Waals surface area contributed by atoms with Crippen LogP contribution in [0.15, 0.2) is 0 Å². The fourth-order valence-electron chi connectivity index (χ4n) is 0.819. The van der Waals surface area contributed by atoms with E-state index in [-0.39, 0.29) is 18.5 Å². The predicted molar refractivity (Wildman–Crippen MR) is 70.9 cm³/mol. The second-order valence-corrected chi connectivity index (χ2v) is 3.28. The van der Waals surface area contributed by atoms with Gasteiger partial charge in [-0.15, -0.1) is 10.1 Å². The summed E-state index contributed by atoms with van der Waals surface area (Å²) in [5.74, 6) is -5.93. The van der Waals surface area contributed by atoms with Crippen LogP contribution in [0.25, 0.3) is 0 Å². The Bertz CT molecular complexity index is 396. The first kappa shape index (κ1) is 32.2. The van der Waals surface area contributed by atoms with Gasteiger partial charge in [0.1, 0.15) is 0 Å². The van der Waals surface area contributed by atoms with Crippen LogP contribution in [0.5, 0.6) is 0 Å². The summed E-state index contributed by atoms with van der Waals surface area (Å²) in [6, 6.07) is 0. The summed E-state index contributed by atoms with van der Waals surface area (Å²) >= 11 is 0. The molecule has 138 valence electrons. The average molecular weight is 348 g/mol. The molecule has 0 aromatic heterocycles. The molecule has 0 unspecified atom stereocenters. The Balaban J connectivity index is -0.0000000945. The molecule has 0 saturated carbocycles. The van der Waals surface area contributed by atoms with Crippen molar-refractivity contribution >= 4 is 23.9 Å². The Kier molecular flexibility index (Phi) is 19.7. The monoisotopic (exact) mass is 348 g/mol. The summed E-state index contributed by atoms with van der Waals surface area (Å²) in [7, 11) is 0. The molecule has 15 heteroatoms. The van der Waals surface area contributed by atoms with E-state index in [4.69, 9.17) is 20.4 Å². The first-order chi connectivity index (χ1) is 8.90. The molecular formula is C8H20N4O11. The molecule has 15 nitrogen and oxygen atoms in total. The van der Waals surface area contributed by atoms with E-state index in [1.807, 2.05) is 0 Å². The number of carboxylic acid groups (broad SMARTS) is 3. The van der Waals surface area contributed by atoms with E-state index in [9.17, 15) is 29.3 Å². The van der Waals surface area contributed by atoms with Gasteiger partial charge >= 0.3 is 29.0 Å². The van der Waals surface area contributed by atoms with Crippen molar-refractivity contribution < 1.29 is 49.5 Å². The number of carboxylic acids is 3. The smallest absolute Gasteiger partial charge is 0.336 e. The second kappa shape index (κ2) is 14.1. The molecule has 0 rings (SSSR count). The molecule has 0 bridgehead atoms. The van der Waals surface area contributed by atoms with E-state index in [2.05, 4.69) is 4.84 Å². The van der Waals surface area contributed by atoms with Crippen LogP contribution in [-0.4, -0.2) is 55.0 Å². The van der Waals surface area contributed by atoms with E-state index in [1.54, 1.807) is 0 Å². The highest BCUT2D eigenvalue weighted by Crippen LogP contribution is 2.15. The zero-order chi connectivity index (χ0) is 16.5. The molecule has 0 aromatic carbocycles. The number of carbonyl (C=O) groups is 4. The van der Waals surface area contributed by atoms with E-state index in [0.29, 0.717) is 0 Å². The van der Waals surface area contributed by atoms with Gasteiger partial charge in [-0.1, -0.05) is 0 Å². The molecule has 0 radical (unpaired) electrons. The maximum absolute atomic E-state index is 10.3. The highest BCUT2D eigenvalue weighted by molar-refractivity contribution is 5.88. The number of hydrogen-bond donors (Lipinski definition) is 7. The largest absolute Gasteiger partial charge is 0.481 e. The summed E-state index contributed by atoms with van der Waals surface area (Å²) < 4.78 is 0. The molecule has 13 N–H and O–H groups in total. The summed E-state index contributed by atoms with van der Waals surface area (Å²) in [6.45, 7) is 0.961. The number of aliphatic hydroxyl groups is 1. The minimum Gasteiger partial charge on any atom is -0.481 e. The third-order valence-corrected chi connectivity index (χ3v) is 1.49. The number of hydrogen-bond acceptors (Lipinski definition) is 11. The van der Waals surface area contributed by atoms with Gasteiger partial charge in [0.15, 0.2) is 5.60 Å². The first-order valence-corrected chi connectivity index (χ1v) is 4.63. The number of rotatable bonds is 6. The minimum atomic E-state index is -2.74. The van der Waals surface area contributed by atoms with Crippen molar-refractivity contribution in [3.05, 3.63) is 10.1 Å². The van der Waals surface area contributed by atoms with E-state index in [0.717, 1.165) is 6.92 Å². The third-order valence-electron chi connectivity index (χ3n) is 1.49. The highest BCUT2D eigenvalue weighted by Gasteiger charge is 2.40. The van der Waals surface area contributed by atoms with Gasteiger partial charge in [0, 0.05) is 6.92 Å². The lowest BCUT2D eigenvalue weighted by Gasteiger charge is -2.18. The van der Waals surface area contributed by atoms with Crippen LogP contribution in [0.1, 0.15) is 19.8 Å². The van der Waals surface area contributed by atoms with Crippen molar-refractivity contribution in [3.63, 3.8) is 0 Å². The molecule has 0 saturated heterocycles. The Labute approximate surface area is 128 Å². The van der Waals surface area contributed by atoms with Crippen molar-refractivity contribution in [1.82, 2.24) is 18.5 Å². The summed E-state index contributed by atoms with van der Waals surface area (Å²) in [5, 5.41) is 41.8. The van der Waals surface area contributed by atoms with Gasteiger partial charge in [-0.3, -0.25) is 14.4 Å². The summed E-state index contributed by atoms with van der Waals surface area (Å²) in [5.41, 5.74) is -2.74. The molecule has 0 aliphatic heterocycles. The maximum Gasteiger partial charge on any atom is 0.336 e. The maximum atomic E-state index is 10.3. The first-order valence-electron chi connectivity index (χ1n) is 4.63. The lowest BCUT2D eigenvalue weighted by Crippen LogP contribution is -2.42. The van der Waals surface area contributed by atoms with Crippen LogP contribution in [0.4, 0.5) is 0 Å². The second-order valence-electron chi connectivity index (χ2n) is 3.28. The Morgan fingerprint density at radius 3 is 1.39 bits per heavy atom. The van der Waals surface area contributed by atoms with Crippen LogP contribution >= 0.6 is 0 Å². The normalized spacial score (nSPS) is 8.43. The molecule has 0 aromatic rings. The zero-order valence-electron chi connectivity index (χ0n) is 12.1. The third kappa shape index (κ3) is 19.1. The topological polar surface area (TPSA) is 307 Å². The molecular weight excluding hydrogens is 328 g/mol. The van der Waals surface area contributed by atoms with E-state index in [1.165, 1.54) is 0 Å². The van der Waals surface area contributed by atoms with Gasteiger partial charge in [-0.25, -0.2) is 9.63 Å². The quantitative estimate of drug-likeness (QED) is 0.223. The fraction of sp³-hybridized carbons (Fsp3) is 0.500. The lowest BCUT2D eigenvalue weighted by atomic mass is 9.96. The van der Waals surface area contributed by atoms with Gasteiger partial charge in [0.05, 0.1) is 12.8 Å². The van der Waals surface area contributed by atoms with E-state index >= 15 is 0 Å². The van der Waals surface area contributed by atoms with Crippen molar-refractivity contribution in [3.8, 4) is 0 Å². The van der Waals surface area contributed by atoms with Crippen LogP contribution < -0.4 is 18.5 Å². The van der Waals surface area contributed by atoms with Crippen LogP contribution in [-0.2, 0) is 24.0 Å². The van der Waals surface area contributed by atoms with Crippen molar-refractivity contribution in [1.29, 1.82) is 0 Å². The van der Waals surface area contributed by atoms with Crippen LogP contribution in [0.3, 0.4) is 0 Å². The van der Waals surface area contributed by atoms with E-state index < -0.39 is 47.4 Å². The summed E-state index contributed by atoms with van der Waals surface area (Å²) in [4.78, 5) is 52.6. The molecule has 0 aliphatic rings. The molecule has 0 aliphatic carbocycles. The Hall–Kier alpha value is -2.88. The van der Waals surface area contributed by atoms with Crippen molar-refractivity contribution in [2.24, 2.45) is 0 Å². The van der Waals surface area contributed by atoms with Gasteiger partial charge in [-0.05, 0) is 0 Å². The van der Waals surface area contributed by atoms with Crippen molar-refractivity contribution in [2.75, 3.05) is 0 Å². The standard InChI is InChI=1S/C6H8O7.C2H3NO4.3H3N/c7-3(8)1-6(13,5(11)12)2-4(9)10;1-2(4)7-3(5)6;;;/h13H,1-2H2,(H,7,8)(H,9,10)(H,11,12);1H3;3*1H3. The summed E-state index contributed by atoms with van der Waals surface area (Å²) in [6.07, 6.45) is -2.29. The molecule has 0 amide bonds. The number of aliphatic carboxylic acids is 3. The Morgan fingerprint density at radius 2 is 1.30 bits per heavy atom. The van der Waals surface area contributed by atoms with Crippen LogP contribution in [0, 0.1) is 10.1 Å². The number of carbonyl (C=O) groups excluding carboxylic acids is 1. The lowest BCUT2D eigenvalue weighted by molar-refractivity contribution is -0.729. The van der Waals surface area contributed by atoms with Crippen LogP contribution in [0.2, 0.25) is 0 Å². The predicted octanol–water partition coefficient (Wildman–Crippen LogP) is -1.02. The van der Waals surface area contributed by atoms with Gasteiger partial charge in [-0.2, -0.15) is 0 Å². The zero-order valence-corrected chi connectivity index (χ0v) is 12.1. The van der Waals surface area contributed by atoms with Crippen molar-refractivity contribution in [2.45, 2.75) is 25.4 Å². The van der Waals surface area contributed by atoms with Gasteiger partial charge < -0.3 is 38.9 Å². The Morgan fingerprint density at radius 1 is 1.00 bits per heavy atom. The highest BCUT2D eigenvalue weighted by atomic mass is 17.0. The molecule has 23 heavy (non-hydrogen) atoms. The van der Waals surface area contributed by atoms with Gasteiger partial charge in [0.2, 0.25) is 0 Å². The molecule has 0 spiro atoms. The van der Waals surface area contributed by atoms with Gasteiger partial charge in [0.25, 0.3) is 0 Å². The molecule has 0 fully saturated rings. The number of nitrogens with zero attached hydrogens (tertiary/aromatic N) is 1. The average Bonchev–Trinajstić information content (AvgIpc) is 2.12. The molecule has 0 atom stereocenters. The minimum absolute atomic E-state index is 0.